The Bertz CT molecular complexity index is 1190. The molecule has 0 saturated carbocycles. The number of hydrogen-bond acceptors (Lipinski definition) is 2. The van der Waals surface area contributed by atoms with Gasteiger partial charge in [-0.25, -0.2) is 4.57 Å². The van der Waals surface area contributed by atoms with Crippen molar-refractivity contribution in [3.05, 3.63) is 95.4 Å². The molecular weight excluding hydrogens is 485 g/mol. The molecule has 4 rings (SSSR count). The van der Waals surface area contributed by atoms with Crippen molar-refractivity contribution in [3.63, 3.8) is 0 Å². The second kappa shape index (κ2) is 9.65. The van der Waals surface area contributed by atoms with Crippen LogP contribution in [0.4, 0.5) is 13.2 Å². The zero-order valence-corrected chi connectivity index (χ0v) is 19.2. The smallest absolute Gasteiger partial charge is 0.573 e. The molecule has 2 heterocycles. The number of pyridine rings is 1. The topological polar surface area (TPSA) is 26.8 Å². The number of halogens is 4. The highest BCUT2D eigenvalue weighted by atomic mass is 79.9. The molecule has 0 saturated heterocycles. The van der Waals surface area contributed by atoms with Crippen LogP contribution in [-0.4, -0.2) is 10.8 Å². The maximum atomic E-state index is 12.4. The summed E-state index contributed by atoms with van der Waals surface area (Å²) in [5.74, 6) is 0.502. The average molecular weight is 507 g/mol. The number of rotatable bonds is 6. The van der Waals surface area contributed by atoms with Crippen LogP contribution in [0.25, 0.3) is 5.65 Å². The molecule has 0 amide bonds. The van der Waals surface area contributed by atoms with Gasteiger partial charge in [0.1, 0.15) is 30.3 Å². The van der Waals surface area contributed by atoms with Gasteiger partial charge < -0.3 is 26.5 Å². The summed E-state index contributed by atoms with van der Waals surface area (Å²) in [4.78, 5) is 0. The van der Waals surface area contributed by atoms with Crippen LogP contribution in [0.15, 0.2) is 72.9 Å². The maximum absolute atomic E-state index is 12.4. The van der Waals surface area contributed by atoms with Crippen molar-refractivity contribution < 1.29 is 44.2 Å². The van der Waals surface area contributed by atoms with Gasteiger partial charge in [0.25, 0.3) is 0 Å². The highest BCUT2D eigenvalue weighted by Gasteiger charge is 2.31. The molecule has 4 aromatic rings. The van der Waals surface area contributed by atoms with E-state index in [4.69, 9.17) is 4.74 Å². The third-order valence-electron chi connectivity index (χ3n) is 5.21. The fourth-order valence-corrected chi connectivity index (χ4v) is 3.56. The van der Waals surface area contributed by atoms with Crippen molar-refractivity contribution in [1.82, 2.24) is 4.40 Å². The molecule has 0 fully saturated rings. The molecule has 0 spiro atoms. The second-order valence-electron chi connectivity index (χ2n) is 7.29. The first kappa shape index (κ1) is 23.7. The number of hydrogen-bond donors (Lipinski definition) is 0. The molecule has 0 atom stereocenters. The van der Waals surface area contributed by atoms with Crippen molar-refractivity contribution in [2.45, 2.75) is 33.4 Å². The van der Waals surface area contributed by atoms with Crippen molar-refractivity contribution in [2.75, 3.05) is 0 Å². The first-order chi connectivity index (χ1) is 14.8. The van der Waals surface area contributed by atoms with E-state index in [-0.39, 0.29) is 22.7 Å². The summed E-state index contributed by atoms with van der Waals surface area (Å²) in [5, 5.41) is 0. The molecular formula is C24H22BrF3N2O2. The summed E-state index contributed by atoms with van der Waals surface area (Å²) in [5.41, 5.74) is 4.93. The van der Waals surface area contributed by atoms with Crippen LogP contribution >= 0.6 is 0 Å². The van der Waals surface area contributed by atoms with Gasteiger partial charge in [-0.3, -0.25) is 0 Å². The third-order valence-corrected chi connectivity index (χ3v) is 5.21. The van der Waals surface area contributed by atoms with Crippen molar-refractivity contribution in [1.29, 1.82) is 0 Å². The lowest BCUT2D eigenvalue weighted by Crippen LogP contribution is -3.00. The summed E-state index contributed by atoms with van der Waals surface area (Å²) in [6.45, 7) is 4.97. The molecule has 32 heavy (non-hydrogen) atoms. The van der Waals surface area contributed by atoms with E-state index in [1.165, 1.54) is 12.1 Å². The minimum Gasteiger partial charge on any atom is -1.00 e. The number of aromatic nitrogens is 2. The molecule has 0 bridgehead atoms. The van der Waals surface area contributed by atoms with Gasteiger partial charge in [0.2, 0.25) is 5.75 Å². The Morgan fingerprint density at radius 2 is 1.56 bits per heavy atom. The Morgan fingerprint density at radius 3 is 2.22 bits per heavy atom. The van der Waals surface area contributed by atoms with Crippen molar-refractivity contribution >= 4 is 5.65 Å². The molecule has 4 nitrogen and oxygen atoms in total. The lowest BCUT2D eigenvalue weighted by atomic mass is 10.2. The van der Waals surface area contributed by atoms with E-state index >= 15 is 0 Å². The maximum Gasteiger partial charge on any atom is 0.573 e. The van der Waals surface area contributed by atoms with Crippen molar-refractivity contribution in [2.24, 2.45) is 0 Å². The van der Waals surface area contributed by atoms with E-state index < -0.39 is 6.36 Å². The lowest BCUT2D eigenvalue weighted by Gasteiger charge is -2.09. The average Bonchev–Trinajstić information content (AvgIpc) is 2.99. The molecule has 2 aromatic carbocycles. The third kappa shape index (κ3) is 5.24. The van der Waals surface area contributed by atoms with Crippen LogP contribution in [0.5, 0.6) is 11.5 Å². The summed E-state index contributed by atoms with van der Waals surface area (Å²) in [6, 6.07) is 19.7. The van der Waals surface area contributed by atoms with E-state index in [9.17, 15) is 13.2 Å². The predicted molar refractivity (Wildman–Crippen MR) is 110 cm³/mol. The summed E-state index contributed by atoms with van der Waals surface area (Å²) in [6.07, 6.45) is -2.72. The largest absolute Gasteiger partial charge is 1.00 e. The van der Waals surface area contributed by atoms with E-state index in [2.05, 4.69) is 13.7 Å². The van der Waals surface area contributed by atoms with Crippen LogP contribution in [0.3, 0.4) is 0 Å². The molecule has 0 aliphatic heterocycles. The monoisotopic (exact) mass is 506 g/mol. The molecule has 0 N–H and O–H groups in total. The van der Waals surface area contributed by atoms with Crippen LogP contribution in [0.1, 0.15) is 22.5 Å². The van der Waals surface area contributed by atoms with Gasteiger partial charge >= 0.3 is 12.0 Å². The minimum absolute atomic E-state index is 0. The zero-order valence-electron chi connectivity index (χ0n) is 17.6. The van der Waals surface area contributed by atoms with Crippen LogP contribution in [-0.2, 0) is 13.2 Å². The highest BCUT2D eigenvalue weighted by Crippen LogP contribution is 2.24. The van der Waals surface area contributed by atoms with Crippen LogP contribution in [0.2, 0.25) is 0 Å². The SMILES string of the molecule is Cc1c(C)[n+](Cc2ccc(OC(F)(F)F)cc2)c2c(OCc3ccccc3)cccn12.[Br-]. The lowest BCUT2D eigenvalue weighted by molar-refractivity contribution is -0.668. The number of ether oxygens (including phenoxy) is 2. The van der Waals surface area contributed by atoms with Gasteiger partial charge in [-0.15, -0.1) is 13.2 Å². The molecule has 0 unspecified atom stereocenters. The van der Waals surface area contributed by atoms with Gasteiger partial charge in [-0.05, 0) is 35.4 Å². The minimum atomic E-state index is -4.70. The van der Waals surface area contributed by atoms with E-state index in [1.807, 2.05) is 62.5 Å². The molecule has 168 valence electrons. The Morgan fingerprint density at radius 1 is 0.875 bits per heavy atom. The second-order valence-corrected chi connectivity index (χ2v) is 7.29. The Hall–Kier alpha value is -3.00. The molecule has 0 radical (unpaired) electrons. The number of aryl methyl sites for hydroxylation is 1. The molecule has 8 heteroatoms. The number of alkyl halides is 3. The van der Waals surface area contributed by atoms with Gasteiger partial charge in [0.15, 0.2) is 0 Å². The fourth-order valence-electron chi connectivity index (χ4n) is 3.56. The van der Waals surface area contributed by atoms with Crippen LogP contribution < -0.4 is 31.0 Å². The van der Waals surface area contributed by atoms with E-state index in [0.717, 1.165) is 33.9 Å². The van der Waals surface area contributed by atoms with Gasteiger partial charge in [-0.2, -0.15) is 4.40 Å². The van der Waals surface area contributed by atoms with E-state index in [1.54, 1.807) is 12.1 Å². The quantitative estimate of drug-likeness (QED) is 0.375. The highest BCUT2D eigenvalue weighted by molar-refractivity contribution is 5.51. The number of nitrogens with zero attached hydrogens (tertiary/aromatic N) is 2. The Kier molecular flexibility index (Phi) is 7.13. The fraction of sp³-hybridized carbons (Fsp3) is 0.208. The predicted octanol–water partition coefficient (Wildman–Crippen LogP) is 2.37. The summed E-state index contributed by atoms with van der Waals surface area (Å²) < 4.78 is 51.5. The standard InChI is InChI=1S/C24H22F3N2O2.BrH/c1-17-18(2)29(15-19-10-12-21(13-11-19)31-24(25,26)27)23-22(9-6-14-28(17)23)30-16-20-7-4-3-5-8-20;/h3-14H,15-16H2,1-2H3;1H/q+1;/p-1. The first-order valence-electron chi connectivity index (χ1n) is 9.83. The summed E-state index contributed by atoms with van der Waals surface area (Å²) >= 11 is 0. The number of benzene rings is 2. The van der Waals surface area contributed by atoms with E-state index in [0.29, 0.717) is 13.2 Å². The zero-order chi connectivity index (χ0) is 22.0. The van der Waals surface area contributed by atoms with Gasteiger partial charge in [0.05, 0.1) is 6.20 Å². The normalized spacial score (nSPS) is 11.3. The van der Waals surface area contributed by atoms with Crippen molar-refractivity contribution in [3.8, 4) is 11.5 Å². The number of imidazole rings is 1. The Balaban J connectivity index is 0.00000289. The van der Waals surface area contributed by atoms with Crippen LogP contribution in [0, 0.1) is 13.8 Å². The number of fused-ring (bicyclic) bond motifs is 1. The molecule has 0 aliphatic carbocycles. The summed E-state index contributed by atoms with van der Waals surface area (Å²) in [7, 11) is 0. The molecule has 2 aromatic heterocycles. The molecule has 0 aliphatic rings. The Labute approximate surface area is 194 Å². The van der Waals surface area contributed by atoms with Gasteiger partial charge in [-0.1, -0.05) is 42.5 Å². The van der Waals surface area contributed by atoms with Gasteiger partial charge in [0, 0.05) is 13.8 Å². The first-order valence-corrected chi connectivity index (χ1v) is 9.83.